The Morgan fingerprint density at radius 3 is 2.22 bits per heavy atom. The van der Waals surface area contributed by atoms with Crippen LogP contribution in [0.4, 0.5) is 0 Å². The van der Waals surface area contributed by atoms with Crippen molar-refractivity contribution in [3.05, 3.63) is 11.6 Å². The summed E-state index contributed by atoms with van der Waals surface area (Å²) in [6, 6.07) is 1.85. The minimum Gasteiger partial charge on any atom is -0.386 e. The van der Waals surface area contributed by atoms with Gasteiger partial charge in [-0.2, -0.15) is 5.26 Å². The highest BCUT2D eigenvalue weighted by molar-refractivity contribution is 5.18. The molecular weight excluding hydrogens is 114 g/mol. The Morgan fingerprint density at radius 2 is 2.11 bits per heavy atom. The number of rotatable bonds is 1. The third kappa shape index (κ3) is 2.89. The van der Waals surface area contributed by atoms with E-state index in [-0.39, 0.29) is 0 Å². The Kier molecular flexibility index (Phi) is 2.41. The van der Waals surface area contributed by atoms with E-state index in [9.17, 15) is 5.11 Å². The van der Waals surface area contributed by atoms with Gasteiger partial charge in [-0.25, -0.2) is 0 Å². The van der Waals surface area contributed by atoms with Crippen LogP contribution in [0.1, 0.15) is 20.8 Å². The average Bonchev–Trinajstić information content (AvgIpc) is 1.64. The maximum absolute atomic E-state index is 9.20. The van der Waals surface area contributed by atoms with E-state index in [2.05, 4.69) is 0 Å². The second-order valence-electron chi connectivity index (χ2n) is 2.52. The van der Waals surface area contributed by atoms with Gasteiger partial charge in [-0.05, 0) is 26.3 Å². The highest BCUT2D eigenvalue weighted by Gasteiger charge is 2.13. The maximum Gasteiger partial charge on any atom is 0.0912 e. The zero-order valence-corrected chi connectivity index (χ0v) is 5.97. The minimum absolute atomic E-state index is 0.685. The predicted octanol–water partition coefficient (Wildman–Crippen LogP) is 1.23. The third-order valence-corrected chi connectivity index (χ3v) is 1.25. The quantitative estimate of drug-likeness (QED) is 0.535. The van der Waals surface area contributed by atoms with Gasteiger partial charge in [0.05, 0.1) is 11.7 Å². The summed E-state index contributed by atoms with van der Waals surface area (Å²) in [5, 5.41) is 17.4. The van der Waals surface area contributed by atoms with Crippen molar-refractivity contribution in [2.75, 3.05) is 0 Å². The zero-order valence-electron chi connectivity index (χ0n) is 5.97. The van der Waals surface area contributed by atoms with Crippen molar-refractivity contribution in [2.24, 2.45) is 0 Å². The Bertz CT molecular complexity index is 157. The molecule has 0 atom stereocenters. The van der Waals surface area contributed by atoms with Gasteiger partial charge in [0.2, 0.25) is 0 Å². The van der Waals surface area contributed by atoms with Gasteiger partial charge < -0.3 is 5.11 Å². The summed E-state index contributed by atoms with van der Waals surface area (Å²) in [6.45, 7) is 5.02. The van der Waals surface area contributed by atoms with E-state index < -0.39 is 5.60 Å². The molecule has 50 valence electrons. The number of allylic oxidation sites excluding steroid dienone is 1. The van der Waals surface area contributed by atoms with Gasteiger partial charge in [-0.3, -0.25) is 0 Å². The SMILES string of the molecule is CC(=CC#N)C(C)(C)O. The zero-order chi connectivity index (χ0) is 7.49. The van der Waals surface area contributed by atoms with Crippen LogP contribution in [0.5, 0.6) is 0 Å². The molecule has 9 heavy (non-hydrogen) atoms. The molecule has 1 N–H and O–H groups in total. The molecule has 0 heterocycles. The fraction of sp³-hybridized carbons (Fsp3) is 0.571. The second-order valence-corrected chi connectivity index (χ2v) is 2.52. The molecule has 0 aromatic carbocycles. The van der Waals surface area contributed by atoms with Crippen molar-refractivity contribution in [3.8, 4) is 6.07 Å². The smallest absolute Gasteiger partial charge is 0.0912 e. The van der Waals surface area contributed by atoms with Crippen LogP contribution >= 0.6 is 0 Å². The lowest BCUT2D eigenvalue weighted by atomic mass is 10.0. The highest BCUT2D eigenvalue weighted by atomic mass is 16.3. The lowest BCUT2D eigenvalue weighted by Crippen LogP contribution is -2.19. The van der Waals surface area contributed by atoms with Gasteiger partial charge in [0.1, 0.15) is 0 Å². The molecule has 0 fully saturated rings. The maximum atomic E-state index is 9.20. The second kappa shape index (κ2) is 2.65. The molecule has 0 aliphatic rings. The molecule has 0 aliphatic carbocycles. The van der Waals surface area contributed by atoms with Crippen molar-refractivity contribution < 1.29 is 5.11 Å². The van der Waals surface area contributed by atoms with E-state index in [4.69, 9.17) is 5.26 Å². The average molecular weight is 125 g/mol. The fourth-order valence-electron chi connectivity index (χ4n) is 0.273. The van der Waals surface area contributed by atoms with E-state index in [0.29, 0.717) is 5.57 Å². The van der Waals surface area contributed by atoms with Crippen molar-refractivity contribution in [2.45, 2.75) is 26.4 Å². The molecule has 0 spiro atoms. The Balaban J connectivity index is 4.25. The van der Waals surface area contributed by atoms with Gasteiger partial charge >= 0.3 is 0 Å². The van der Waals surface area contributed by atoms with Gasteiger partial charge in [0, 0.05) is 6.08 Å². The van der Waals surface area contributed by atoms with E-state index in [1.165, 1.54) is 6.08 Å². The summed E-state index contributed by atoms with van der Waals surface area (Å²) in [5.74, 6) is 0. The van der Waals surface area contributed by atoms with Gasteiger partial charge in [-0.1, -0.05) is 0 Å². The molecule has 2 heteroatoms. The van der Waals surface area contributed by atoms with Crippen molar-refractivity contribution in [1.82, 2.24) is 0 Å². The van der Waals surface area contributed by atoms with Gasteiger partial charge in [0.15, 0.2) is 0 Å². The highest BCUT2D eigenvalue weighted by Crippen LogP contribution is 2.12. The summed E-state index contributed by atoms with van der Waals surface area (Å²) >= 11 is 0. The molecule has 0 saturated heterocycles. The first-order valence-electron chi connectivity index (χ1n) is 2.77. The van der Waals surface area contributed by atoms with Gasteiger partial charge in [0.25, 0.3) is 0 Å². The van der Waals surface area contributed by atoms with Crippen LogP contribution in [0, 0.1) is 11.3 Å². The number of aliphatic hydroxyl groups is 1. The Hall–Kier alpha value is -0.810. The normalized spacial score (nSPS) is 13.0. The fourth-order valence-corrected chi connectivity index (χ4v) is 0.273. The molecule has 0 aliphatic heterocycles. The van der Waals surface area contributed by atoms with Crippen LogP contribution in [-0.2, 0) is 0 Å². The van der Waals surface area contributed by atoms with Crippen molar-refractivity contribution in [1.29, 1.82) is 5.26 Å². The number of hydrogen-bond donors (Lipinski definition) is 1. The van der Waals surface area contributed by atoms with Gasteiger partial charge in [-0.15, -0.1) is 0 Å². The van der Waals surface area contributed by atoms with E-state index in [1.807, 2.05) is 6.07 Å². The molecule has 0 unspecified atom stereocenters. The number of nitriles is 1. The van der Waals surface area contributed by atoms with E-state index in [0.717, 1.165) is 0 Å². The summed E-state index contributed by atoms with van der Waals surface area (Å²) < 4.78 is 0. The van der Waals surface area contributed by atoms with Crippen LogP contribution in [0.25, 0.3) is 0 Å². The van der Waals surface area contributed by atoms with Crippen LogP contribution in [0.3, 0.4) is 0 Å². The topological polar surface area (TPSA) is 44.0 Å². The monoisotopic (exact) mass is 125 g/mol. The predicted molar refractivity (Wildman–Crippen MR) is 35.7 cm³/mol. The summed E-state index contributed by atoms with van der Waals surface area (Å²) in [4.78, 5) is 0. The molecule has 0 radical (unpaired) electrons. The largest absolute Gasteiger partial charge is 0.386 e. The third-order valence-electron chi connectivity index (χ3n) is 1.25. The Morgan fingerprint density at radius 1 is 1.67 bits per heavy atom. The summed E-state index contributed by atoms with van der Waals surface area (Å²) in [5.41, 5.74) is -0.166. The van der Waals surface area contributed by atoms with Crippen molar-refractivity contribution in [3.63, 3.8) is 0 Å². The number of hydrogen-bond acceptors (Lipinski definition) is 2. The van der Waals surface area contributed by atoms with E-state index >= 15 is 0 Å². The molecule has 2 nitrogen and oxygen atoms in total. The van der Waals surface area contributed by atoms with Crippen LogP contribution in [0.15, 0.2) is 11.6 Å². The van der Waals surface area contributed by atoms with Crippen molar-refractivity contribution >= 4 is 0 Å². The molecule has 0 saturated carbocycles. The molecule has 0 aromatic rings. The van der Waals surface area contributed by atoms with Crippen LogP contribution in [-0.4, -0.2) is 10.7 Å². The first-order valence-corrected chi connectivity index (χ1v) is 2.77. The summed E-state index contributed by atoms with van der Waals surface area (Å²) in [7, 11) is 0. The van der Waals surface area contributed by atoms with Crippen LogP contribution < -0.4 is 0 Å². The molecule has 0 bridgehead atoms. The lowest BCUT2D eigenvalue weighted by molar-refractivity contribution is 0.120. The molecule has 0 aromatic heterocycles. The first-order chi connectivity index (χ1) is 3.98. The number of nitrogens with zero attached hydrogens (tertiary/aromatic N) is 1. The lowest BCUT2D eigenvalue weighted by Gasteiger charge is -2.16. The van der Waals surface area contributed by atoms with Crippen LogP contribution in [0.2, 0.25) is 0 Å². The molecule has 0 amide bonds. The first kappa shape index (κ1) is 8.19. The van der Waals surface area contributed by atoms with E-state index in [1.54, 1.807) is 20.8 Å². The minimum atomic E-state index is -0.851. The standard InChI is InChI=1S/C7H11NO/c1-6(4-5-8)7(2,3)9/h4,9H,1-3H3. The summed E-state index contributed by atoms with van der Waals surface area (Å²) in [6.07, 6.45) is 1.35. The Labute approximate surface area is 55.4 Å². The molecular formula is C7H11NO. The molecule has 0 rings (SSSR count).